The van der Waals surface area contributed by atoms with Crippen molar-refractivity contribution in [1.82, 2.24) is 24.8 Å². The Balaban J connectivity index is 1.50. The Hall–Kier alpha value is -1.64. The maximum absolute atomic E-state index is 6.25. The molecule has 8 nitrogen and oxygen atoms in total. The number of piperidine rings is 1. The summed E-state index contributed by atoms with van der Waals surface area (Å²) >= 11 is 0. The van der Waals surface area contributed by atoms with Crippen molar-refractivity contribution in [2.75, 3.05) is 75.9 Å². The Labute approximate surface area is 144 Å². The van der Waals surface area contributed by atoms with Gasteiger partial charge in [0.25, 0.3) is 0 Å². The number of likely N-dealkylation sites (N-methyl/N-ethyl adjacent to an activating group) is 1. The van der Waals surface area contributed by atoms with Crippen molar-refractivity contribution in [2.45, 2.75) is 19.3 Å². The number of aromatic nitrogens is 2. The summed E-state index contributed by atoms with van der Waals surface area (Å²) in [5, 5.41) is 5.52. The van der Waals surface area contributed by atoms with Gasteiger partial charge in [0.1, 0.15) is 12.0 Å². The fraction of sp³-hybridized carbons (Fsp3) is 0.750. The van der Waals surface area contributed by atoms with Crippen LogP contribution in [0.1, 0.15) is 19.3 Å². The summed E-state index contributed by atoms with van der Waals surface area (Å²) in [6, 6.07) is 0. The monoisotopic (exact) mass is 334 g/mol. The zero-order valence-corrected chi connectivity index (χ0v) is 14.7. The van der Waals surface area contributed by atoms with E-state index in [-0.39, 0.29) is 0 Å². The van der Waals surface area contributed by atoms with Gasteiger partial charge in [-0.25, -0.2) is 15.0 Å². The normalized spacial score (nSPS) is 20.9. The minimum atomic E-state index is 0.593. The van der Waals surface area contributed by atoms with Gasteiger partial charge < -0.3 is 26.3 Å². The Kier molecular flexibility index (Phi) is 6.06. The molecule has 0 bridgehead atoms. The fourth-order valence-electron chi connectivity index (χ4n) is 3.21. The van der Waals surface area contributed by atoms with Crippen LogP contribution in [0, 0.1) is 0 Å². The van der Waals surface area contributed by atoms with Crippen LogP contribution in [0.5, 0.6) is 0 Å². The third-order valence-corrected chi connectivity index (χ3v) is 4.82. The predicted octanol–water partition coefficient (Wildman–Crippen LogP) is 0.531. The lowest BCUT2D eigenvalue weighted by molar-refractivity contribution is 0.178. The minimum Gasteiger partial charge on any atom is -0.393 e. The average molecular weight is 334 g/mol. The van der Waals surface area contributed by atoms with Gasteiger partial charge in [0, 0.05) is 39.3 Å². The van der Waals surface area contributed by atoms with E-state index in [1.54, 1.807) is 6.33 Å². The number of nitrogens with two attached hydrogens (primary N) is 1. The van der Waals surface area contributed by atoms with Gasteiger partial charge in [-0.15, -0.1) is 0 Å². The number of rotatable bonds is 6. The standard InChI is InChI=1S/C16H30N8/c1-22-9-11-24(12-10-22)21-16-14(17)15(19-13-20-16)18-5-8-23-6-3-2-4-7-23/h13H,2-12,17H2,1H3,(H2,18,19,20,21). The van der Waals surface area contributed by atoms with Crippen molar-refractivity contribution in [2.24, 2.45) is 0 Å². The van der Waals surface area contributed by atoms with E-state index in [2.05, 4.69) is 42.6 Å². The van der Waals surface area contributed by atoms with Crippen LogP contribution in [0.3, 0.4) is 0 Å². The molecule has 0 saturated carbocycles. The molecule has 0 aromatic carbocycles. The molecule has 4 N–H and O–H groups in total. The van der Waals surface area contributed by atoms with E-state index in [0.717, 1.165) is 45.1 Å². The van der Waals surface area contributed by atoms with E-state index in [1.807, 2.05) is 0 Å². The molecule has 2 aliphatic heterocycles. The quantitative estimate of drug-likeness (QED) is 0.695. The van der Waals surface area contributed by atoms with Crippen LogP contribution in [-0.4, -0.2) is 84.2 Å². The second-order valence-corrected chi connectivity index (χ2v) is 6.72. The molecule has 1 aromatic heterocycles. The molecule has 0 atom stereocenters. The van der Waals surface area contributed by atoms with Crippen molar-refractivity contribution in [1.29, 1.82) is 0 Å². The number of piperazine rings is 1. The van der Waals surface area contributed by atoms with Crippen molar-refractivity contribution in [3.63, 3.8) is 0 Å². The maximum Gasteiger partial charge on any atom is 0.169 e. The molecule has 134 valence electrons. The summed E-state index contributed by atoms with van der Waals surface area (Å²) in [6.07, 6.45) is 5.56. The van der Waals surface area contributed by atoms with Crippen LogP contribution < -0.4 is 16.5 Å². The van der Waals surface area contributed by atoms with Crippen molar-refractivity contribution >= 4 is 17.3 Å². The van der Waals surface area contributed by atoms with Gasteiger partial charge in [-0.3, -0.25) is 0 Å². The topological polar surface area (TPSA) is 85.6 Å². The fourth-order valence-corrected chi connectivity index (χ4v) is 3.21. The third-order valence-electron chi connectivity index (χ3n) is 4.82. The molecule has 8 heteroatoms. The van der Waals surface area contributed by atoms with E-state index >= 15 is 0 Å². The SMILES string of the molecule is CN1CCN(Nc2ncnc(NCCN3CCCCC3)c2N)CC1. The summed E-state index contributed by atoms with van der Waals surface area (Å²) in [6.45, 7) is 8.29. The Bertz CT molecular complexity index is 509. The number of anilines is 3. The first-order valence-electron chi connectivity index (χ1n) is 8.99. The zero-order valence-electron chi connectivity index (χ0n) is 14.7. The number of hydrazine groups is 1. The molecule has 0 spiro atoms. The average Bonchev–Trinajstić information content (AvgIpc) is 2.61. The first-order valence-corrected chi connectivity index (χ1v) is 8.99. The van der Waals surface area contributed by atoms with Crippen LogP contribution in [-0.2, 0) is 0 Å². The molecular weight excluding hydrogens is 304 g/mol. The number of nitrogens with one attached hydrogen (secondary N) is 2. The van der Waals surface area contributed by atoms with E-state index < -0.39 is 0 Å². The molecule has 3 heterocycles. The molecule has 2 saturated heterocycles. The third kappa shape index (κ3) is 4.68. The number of hydrogen-bond donors (Lipinski definition) is 3. The van der Waals surface area contributed by atoms with Gasteiger partial charge in [-0.1, -0.05) is 6.42 Å². The lowest BCUT2D eigenvalue weighted by atomic mass is 10.1. The summed E-state index contributed by atoms with van der Waals surface area (Å²) in [7, 11) is 2.14. The highest BCUT2D eigenvalue weighted by atomic mass is 15.5. The van der Waals surface area contributed by atoms with E-state index in [1.165, 1.54) is 32.4 Å². The lowest BCUT2D eigenvalue weighted by Gasteiger charge is -2.33. The molecule has 0 aliphatic carbocycles. The van der Waals surface area contributed by atoms with Gasteiger partial charge in [0.15, 0.2) is 11.6 Å². The first-order chi connectivity index (χ1) is 11.7. The highest BCUT2D eigenvalue weighted by molar-refractivity contribution is 5.73. The molecule has 2 aliphatic rings. The molecule has 0 radical (unpaired) electrons. The zero-order chi connectivity index (χ0) is 16.8. The minimum absolute atomic E-state index is 0.593. The predicted molar refractivity (Wildman–Crippen MR) is 97.9 cm³/mol. The Morgan fingerprint density at radius 3 is 2.46 bits per heavy atom. The molecule has 2 fully saturated rings. The first kappa shape index (κ1) is 17.2. The molecule has 24 heavy (non-hydrogen) atoms. The van der Waals surface area contributed by atoms with Crippen LogP contribution >= 0.6 is 0 Å². The van der Waals surface area contributed by atoms with Gasteiger partial charge in [0.2, 0.25) is 0 Å². The summed E-state index contributed by atoms with van der Waals surface area (Å²) < 4.78 is 0. The second-order valence-electron chi connectivity index (χ2n) is 6.72. The Morgan fingerprint density at radius 2 is 1.71 bits per heavy atom. The summed E-state index contributed by atoms with van der Waals surface area (Å²) in [4.78, 5) is 13.4. The van der Waals surface area contributed by atoms with E-state index in [4.69, 9.17) is 5.73 Å². The number of likely N-dealkylation sites (tertiary alicyclic amines) is 1. The smallest absolute Gasteiger partial charge is 0.169 e. The highest BCUT2D eigenvalue weighted by Crippen LogP contribution is 2.23. The maximum atomic E-state index is 6.25. The Morgan fingerprint density at radius 1 is 1.00 bits per heavy atom. The largest absolute Gasteiger partial charge is 0.393 e. The lowest BCUT2D eigenvalue weighted by Crippen LogP contribution is -2.47. The van der Waals surface area contributed by atoms with Crippen LogP contribution in [0.2, 0.25) is 0 Å². The van der Waals surface area contributed by atoms with E-state index in [9.17, 15) is 0 Å². The molecule has 1 aromatic rings. The summed E-state index contributed by atoms with van der Waals surface area (Å²) in [5.74, 6) is 1.41. The van der Waals surface area contributed by atoms with Crippen molar-refractivity contribution < 1.29 is 0 Å². The second kappa shape index (κ2) is 8.46. The van der Waals surface area contributed by atoms with Gasteiger partial charge >= 0.3 is 0 Å². The van der Waals surface area contributed by atoms with Gasteiger partial charge in [-0.2, -0.15) is 0 Å². The summed E-state index contributed by atoms with van der Waals surface area (Å²) in [5.41, 5.74) is 10.2. The number of hydrogen-bond acceptors (Lipinski definition) is 8. The van der Waals surface area contributed by atoms with Gasteiger partial charge in [-0.05, 0) is 33.0 Å². The molecular formula is C16H30N8. The van der Waals surface area contributed by atoms with Crippen molar-refractivity contribution in [3.8, 4) is 0 Å². The molecule has 0 amide bonds. The van der Waals surface area contributed by atoms with Crippen LogP contribution in [0.15, 0.2) is 6.33 Å². The van der Waals surface area contributed by atoms with E-state index in [0.29, 0.717) is 11.5 Å². The number of nitrogen functional groups attached to an aromatic ring is 1. The van der Waals surface area contributed by atoms with Crippen LogP contribution in [0.25, 0.3) is 0 Å². The van der Waals surface area contributed by atoms with Crippen LogP contribution in [0.4, 0.5) is 17.3 Å². The molecule has 3 rings (SSSR count). The highest BCUT2D eigenvalue weighted by Gasteiger charge is 2.16. The molecule has 0 unspecified atom stereocenters. The van der Waals surface area contributed by atoms with Crippen molar-refractivity contribution in [3.05, 3.63) is 6.33 Å². The number of nitrogens with zero attached hydrogens (tertiary/aromatic N) is 5. The van der Waals surface area contributed by atoms with Gasteiger partial charge in [0.05, 0.1) is 0 Å².